The van der Waals surface area contributed by atoms with Gasteiger partial charge in [0.1, 0.15) is 5.15 Å². The summed E-state index contributed by atoms with van der Waals surface area (Å²) in [6.07, 6.45) is 1.73. The maximum atomic E-state index is 5.66. The van der Waals surface area contributed by atoms with Gasteiger partial charge in [-0.25, -0.2) is 4.98 Å². The molecule has 1 aromatic rings. The third kappa shape index (κ3) is 5.17. The van der Waals surface area contributed by atoms with Crippen molar-refractivity contribution in [2.24, 2.45) is 4.99 Å². The zero-order chi connectivity index (χ0) is 10.4. The molecule has 1 aromatic heterocycles. The van der Waals surface area contributed by atoms with Crippen LogP contribution in [0.25, 0.3) is 0 Å². The molecule has 0 aliphatic rings. The zero-order valence-corrected chi connectivity index (χ0v) is 11.7. The molecule has 0 bridgehead atoms. The topological polar surface area (TPSA) is 49.3 Å². The van der Waals surface area contributed by atoms with Crippen LogP contribution in [0.3, 0.4) is 0 Å². The van der Waals surface area contributed by atoms with E-state index < -0.39 is 0 Å². The molecule has 0 aliphatic carbocycles. The molecule has 2 N–H and O–H groups in total. The average molecular weight is 341 g/mol. The van der Waals surface area contributed by atoms with E-state index in [1.54, 1.807) is 19.3 Å². The lowest BCUT2D eigenvalue weighted by atomic mass is 10.3. The molecule has 0 atom stereocenters. The Labute approximate surface area is 112 Å². The number of nitrogens with zero attached hydrogens (tertiary/aromatic N) is 2. The molecule has 0 aliphatic heterocycles. The highest BCUT2D eigenvalue weighted by Gasteiger charge is 1.95. The number of rotatable bonds is 2. The smallest absolute Gasteiger partial charge is 0.190 e. The minimum absolute atomic E-state index is 0. The van der Waals surface area contributed by atoms with Gasteiger partial charge in [0.05, 0.1) is 0 Å². The van der Waals surface area contributed by atoms with Crippen molar-refractivity contribution in [3.05, 3.63) is 29.0 Å². The van der Waals surface area contributed by atoms with E-state index >= 15 is 0 Å². The van der Waals surface area contributed by atoms with E-state index in [9.17, 15) is 0 Å². The van der Waals surface area contributed by atoms with Crippen LogP contribution in [0.1, 0.15) is 5.56 Å². The number of aromatic nitrogens is 1. The van der Waals surface area contributed by atoms with Crippen LogP contribution in [0.2, 0.25) is 5.15 Å². The molecular weight excluding hydrogens is 326 g/mol. The second kappa shape index (κ2) is 7.70. The molecule has 0 amide bonds. The van der Waals surface area contributed by atoms with E-state index in [1.165, 1.54) is 0 Å². The van der Waals surface area contributed by atoms with Gasteiger partial charge in [0, 0.05) is 26.8 Å². The Kier molecular flexibility index (Phi) is 7.41. The van der Waals surface area contributed by atoms with Crippen LogP contribution in [0.4, 0.5) is 0 Å². The molecule has 0 spiro atoms. The van der Waals surface area contributed by atoms with E-state index in [1.807, 2.05) is 13.1 Å². The van der Waals surface area contributed by atoms with Gasteiger partial charge in [-0.2, -0.15) is 0 Å². The van der Waals surface area contributed by atoms with Gasteiger partial charge in [0.25, 0.3) is 0 Å². The SMILES string of the molecule is CN=C(NC)NCc1ccc(Cl)nc1.I. The molecule has 0 saturated heterocycles. The zero-order valence-electron chi connectivity index (χ0n) is 8.62. The summed E-state index contributed by atoms with van der Waals surface area (Å²) in [5.41, 5.74) is 1.06. The maximum Gasteiger partial charge on any atom is 0.190 e. The van der Waals surface area contributed by atoms with Crippen LogP contribution < -0.4 is 10.6 Å². The van der Waals surface area contributed by atoms with Gasteiger partial charge >= 0.3 is 0 Å². The minimum atomic E-state index is 0. The van der Waals surface area contributed by atoms with E-state index in [-0.39, 0.29) is 24.0 Å². The lowest BCUT2D eigenvalue weighted by Gasteiger charge is -2.07. The van der Waals surface area contributed by atoms with Crippen LogP contribution in [-0.2, 0) is 6.54 Å². The van der Waals surface area contributed by atoms with Gasteiger partial charge in [-0.3, -0.25) is 4.99 Å². The van der Waals surface area contributed by atoms with E-state index in [4.69, 9.17) is 11.6 Å². The van der Waals surface area contributed by atoms with Crippen molar-refractivity contribution in [1.29, 1.82) is 0 Å². The van der Waals surface area contributed by atoms with Crippen molar-refractivity contribution in [3.63, 3.8) is 0 Å². The highest BCUT2D eigenvalue weighted by molar-refractivity contribution is 14.0. The fraction of sp³-hybridized carbons (Fsp3) is 0.333. The molecule has 0 radical (unpaired) electrons. The summed E-state index contributed by atoms with van der Waals surface area (Å²) in [5, 5.41) is 6.54. The summed E-state index contributed by atoms with van der Waals surface area (Å²) in [6, 6.07) is 3.69. The summed E-state index contributed by atoms with van der Waals surface area (Å²) in [5.74, 6) is 0.750. The first-order valence-corrected chi connectivity index (χ1v) is 4.63. The van der Waals surface area contributed by atoms with Gasteiger partial charge in [0.2, 0.25) is 0 Å². The lowest BCUT2D eigenvalue weighted by molar-refractivity contribution is 0.861. The maximum absolute atomic E-state index is 5.66. The summed E-state index contributed by atoms with van der Waals surface area (Å²) in [7, 11) is 3.54. The van der Waals surface area contributed by atoms with E-state index in [0.29, 0.717) is 11.7 Å². The summed E-state index contributed by atoms with van der Waals surface area (Å²) in [6.45, 7) is 0.678. The summed E-state index contributed by atoms with van der Waals surface area (Å²) >= 11 is 5.66. The quantitative estimate of drug-likeness (QED) is 0.372. The predicted molar refractivity (Wildman–Crippen MR) is 73.9 cm³/mol. The number of hydrogen-bond acceptors (Lipinski definition) is 2. The second-order valence-electron chi connectivity index (χ2n) is 2.66. The van der Waals surface area contributed by atoms with Gasteiger partial charge in [-0.1, -0.05) is 17.7 Å². The first kappa shape index (κ1) is 14.4. The molecular formula is C9H14ClIN4. The van der Waals surface area contributed by atoms with Gasteiger partial charge < -0.3 is 10.6 Å². The fourth-order valence-electron chi connectivity index (χ4n) is 0.976. The van der Waals surface area contributed by atoms with Crippen molar-refractivity contribution in [1.82, 2.24) is 15.6 Å². The second-order valence-corrected chi connectivity index (χ2v) is 3.05. The van der Waals surface area contributed by atoms with Crippen molar-refractivity contribution >= 4 is 41.5 Å². The largest absolute Gasteiger partial charge is 0.359 e. The Balaban J connectivity index is 0.00000196. The summed E-state index contributed by atoms with van der Waals surface area (Å²) in [4.78, 5) is 7.96. The minimum Gasteiger partial charge on any atom is -0.359 e. The van der Waals surface area contributed by atoms with Crippen LogP contribution in [-0.4, -0.2) is 25.0 Å². The highest BCUT2D eigenvalue weighted by atomic mass is 127. The van der Waals surface area contributed by atoms with Crippen molar-refractivity contribution in [2.45, 2.75) is 6.54 Å². The molecule has 0 saturated carbocycles. The van der Waals surface area contributed by atoms with Crippen LogP contribution in [0, 0.1) is 0 Å². The Morgan fingerprint density at radius 2 is 2.27 bits per heavy atom. The molecule has 15 heavy (non-hydrogen) atoms. The standard InChI is InChI=1S/C9H13ClN4.HI/c1-11-9(12-2)14-6-7-3-4-8(10)13-5-7;/h3-5H,6H2,1-2H3,(H2,11,12,14);1H. The molecule has 0 fully saturated rings. The Morgan fingerprint density at radius 3 is 2.73 bits per heavy atom. The number of pyridine rings is 1. The number of aliphatic imine (C=N–C) groups is 1. The van der Waals surface area contributed by atoms with Gasteiger partial charge in [-0.05, 0) is 11.6 Å². The molecule has 0 aromatic carbocycles. The normalized spacial score (nSPS) is 10.5. The monoisotopic (exact) mass is 340 g/mol. The van der Waals surface area contributed by atoms with Gasteiger partial charge in [0.15, 0.2) is 5.96 Å². The number of hydrogen-bond donors (Lipinski definition) is 2. The van der Waals surface area contributed by atoms with Crippen molar-refractivity contribution in [3.8, 4) is 0 Å². The fourth-order valence-corrected chi connectivity index (χ4v) is 1.09. The molecule has 6 heteroatoms. The summed E-state index contributed by atoms with van der Waals surface area (Å²) < 4.78 is 0. The first-order valence-electron chi connectivity index (χ1n) is 4.25. The highest BCUT2D eigenvalue weighted by Crippen LogP contribution is 2.04. The third-order valence-corrected chi connectivity index (χ3v) is 1.93. The van der Waals surface area contributed by atoms with Crippen LogP contribution >= 0.6 is 35.6 Å². The molecule has 4 nitrogen and oxygen atoms in total. The van der Waals surface area contributed by atoms with Gasteiger partial charge in [-0.15, -0.1) is 24.0 Å². The third-order valence-electron chi connectivity index (χ3n) is 1.71. The van der Waals surface area contributed by atoms with Crippen LogP contribution in [0.5, 0.6) is 0 Å². The van der Waals surface area contributed by atoms with Crippen molar-refractivity contribution in [2.75, 3.05) is 14.1 Å². The lowest BCUT2D eigenvalue weighted by Crippen LogP contribution is -2.34. The predicted octanol–water partition coefficient (Wildman–Crippen LogP) is 1.65. The number of guanidine groups is 1. The number of halogens is 2. The number of nitrogens with one attached hydrogen (secondary N) is 2. The molecule has 0 unspecified atom stereocenters. The average Bonchev–Trinajstić information content (AvgIpc) is 2.22. The Morgan fingerprint density at radius 1 is 1.53 bits per heavy atom. The van der Waals surface area contributed by atoms with Crippen molar-refractivity contribution < 1.29 is 0 Å². The molecule has 1 rings (SSSR count). The molecule has 1 heterocycles. The van der Waals surface area contributed by atoms with E-state index in [0.717, 1.165) is 11.5 Å². The van der Waals surface area contributed by atoms with Crippen LogP contribution in [0.15, 0.2) is 23.3 Å². The first-order chi connectivity index (χ1) is 6.76. The Bertz CT molecular complexity index is 312. The molecule has 84 valence electrons. The Hall–Kier alpha value is -0.560. The van der Waals surface area contributed by atoms with E-state index in [2.05, 4.69) is 20.6 Å².